The molecule has 0 aliphatic carbocycles. The predicted molar refractivity (Wildman–Crippen MR) is 74.2 cm³/mol. The molecule has 0 spiro atoms. The van der Waals surface area contributed by atoms with Crippen molar-refractivity contribution in [1.29, 1.82) is 0 Å². The van der Waals surface area contributed by atoms with Crippen LogP contribution < -0.4 is 0 Å². The Morgan fingerprint density at radius 2 is 2.17 bits per heavy atom. The van der Waals surface area contributed by atoms with Gasteiger partial charge < -0.3 is 5.11 Å². The van der Waals surface area contributed by atoms with E-state index in [0.717, 1.165) is 6.26 Å². The molecular weight excluding hydrogens is 274 g/mol. The number of halogens is 1. The van der Waals surface area contributed by atoms with Crippen LogP contribution in [-0.2, 0) is 16.4 Å². The lowest BCUT2D eigenvalue weighted by atomic mass is 10.1. The fourth-order valence-corrected chi connectivity index (χ4v) is 2.57. The van der Waals surface area contributed by atoms with Crippen molar-refractivity contribution in [3.8, 4) is 0 Å². The molecule has 1 aromatic carbocycles. The molecule has 0 saturated heterocycles. The molecule has 1 N–H and O–H groups in total. The second-order valence-electron chi connectivity index (χ2n) is 3.85. The second-order valence-corrected chi connectivity index (χ2v) is 6.43. The van der Waals surface area contributed by atoms with Crippen LogP contribution in [0.2, 0.25) is 0 Å². The lowest BCUT2D eigenvalue weighted by Crippen LogP contribution is -2.01. The normalized spacial score (nSPS) is 12.6. The standard InChI is InChI=1S/C12H14ClNO3S/c1-8(13)4-10-5-9(7-15)6-11(12(10)14-2)18(3,16)17/h4-6,15H,2,7H2,1,3H3/b8-4+. The lowest BCUT2D eigenvalue weighted by Gasteiger charge is -2.10. The van der Waals surface area contributed by atoms with E-state index in [1.807, 2.05) is 0 Å². The number of hydrogen-bond acceptors (Lipinski definition) is 4. The van der Waals surface area contributed by atoms with Crippen molar-refractivity contribution in [1.82, 2.24) is 0 Å². The average Bonchev–Trinajstić information content (AvgIpc) is 2.25. The minimum absolute atomic E-state index is 0.0354. The van der Waals surface area contributed by atoms with Gasteiger partial charge in [-0.1, -0.05) is 11.6 Å². The Labute approximate surface area is 112 Å². The van der Waals surface area contributed by atoms with Crippen LogP contribution in [-0.4, -0.2) is 26.5 Å². The summed E-state index contributed by atoms with van der Waals surface area (Å²) in [6.07, 6.45) is 2.67. The smallest absolute Gasteiger partial charge is 0.177 e. The van der Waals surface area contributed by atoms with Gasteiger partial charge in [0.05, 0.1) is 17.2 Å². The van der Waals surface area contributed by atoms with Crippen molar-refractivity contribution in [2.24, 2.45) is 4.99 Å². The van der Waals surface area contributed by atoms with Gasteiger partial charge in [-0.05, 0) is 37.4 Å². The van der Waals surface area contributed by atoms with E-state index < -0.39 is 9.84 Å². The number of hydrogen-bond donors (Lipinski definition) is 1. The third-order valence-electron chi connectivity index (χ3n) is 2.26. The molecule has 0 radical (unpaired) electrons. The molecule has 6 heteroatoms. The summed E-state index contributed by atoms with van der Waals surface area (Å²) in [5, 5.41) is 9.64. The van der Waals surface area contributed by atoms with E-state index in [0.29, 0.717) is 16.2 Å². The molecule has 0 aromatic heterocycles. The molecule has 0 atom stereocenters. The van der Waals surface area contributed by atoms with Crippen LogP contribution in [0.25, 0.3) is 6.08 Å². The Morgan fingerprint density at radius 3 is 2.56 bits per heavy atom. The second kappa shape index (κ2) is 5.65. The van der Waals surface area contributed by atoms with Gasteiger partial charge in [-0.2, -0.15) is 0 Å². The molecule has 98 valence electrons. The van der Waals surface area contributed by atoms with Crippen molar-refractivity contribution >= 4 is 39.9 Å². The number of nitrogens with zero attached hydrogens (tertiary/aromatic N) is 1. The van der Waals surface area contributed by atoms with Crippen LogP contribution in [0.15, 0.2) is 27.1 Å². The number of rotatable bonds is 4. The van der Waals surface area contributed by atoms with Crippen LogP contribution in [0.5, 0.6) is 0 Å². The first-order valence-corrected chi connectivity index (χ1v) is 7.35. The molecule has 0 fully saturated rings. The van der Waals surface area contributed by atoms with Crippen molar-refractivity contribution in [3.05, 3.63) is 28.3 Å². The zero-order chi connectivity index (χ0) is 13.9. The summed E-state index contributed by atoms with van der Waals surface area (Å²) >= 11 is 5.79. The average molecular weight is 288 g/mol. The summed E-state index contributed by atoms with van der Waals surface area (Å²) in [7, 11) is -3.45. The van der Waals surface area contributed by atoms with Gasteiger partial charge in [-0.3, -0.25) is 4.99 Å². The first-order chi connectivity index (χ1) is 8.29. The lowest BCUT2D eigenvalue weighted by molar-refractivity contribution is 0.281. The number of aliphatic hydroxyl groups is 1. The summed E-state index contributed by atoms with van der Waals surface area (Å²) in [6, 6.07) is 3.02. The van der Waals surface area contributed by atoms with E-state index in [1.165, 1.54) is 6.07 Å². The fraction of sp³-hybridized carbons (Fsp3) is 0.250. The van der Waals surface area contributed by atoms with E-state index in [2.05, 4.69) is 11.7 Å². The Bertz CT molecular complexity index is 602. The Morgan fingerprint density at radius 1 is 1.56 bits per heavy atom. The van der Waals surface area contributed by atoms with E-state index in [4.69, 9.17) is 16.7 Å². The molecule has 1 aromatic rings. The molecule has 18 heavy (non-hydrogen) atoms. The fourth-order valence-electron chi connectivity index (χ4n) is 1.56. The van der Waals surface area contributed by atoms with E-state index >= 15 is 0 Å². The Balaban J connectivity index is 3.71. The Hall–Kier alpha value is -1.17. The Kier molecular flexibility index (Phi) is 4.67. The molecule has 0 saturated carbocycles. The van der Waals surface area contributed by atoms with Crippen molar-refractivity contribution in [2.75, 3.05) is 6.26 Å². The zero-order valence-corrected chi connectivity index (χ0v) is 11.7. The van der Waals surface area contributed by atoms with E-state index in [1.54, 1.807) is 19.1 Å². The molecule has 0 aliphatic rings. The van der Waals surface area contributed by atoms with Gasteiger partial charge >= 0.3 is 0 Å². The summed E-state index contributed by atoms with van der Waals surface area (Å²) in [4.78, 5) is 3.79. The van der Waals surface area contributed by atoms with E-state index in [9.17, 15) is 8.42 Å². The maximum absolute atomic E-state index is 11.7. The minimum atomic E-state index is -3.45. The number of allylic oxidation sites excluding steroid dienone is 1. The highest BCUT2D eigenvalue weighted by molar-refractivity contribution is 7.90. The number of benzene rings is 1. The molecule has 0 bridgehead atoms. The van der Waals surface area contributed by atoms with Crippen LogP contribution >= 0.6 is 11.6 Å². The minimum Gasteiger partial charge on any atom is -0.392 e. The van der Waals surface area contributed by atoms with Gasteiger partial charge in [-0.15, -0.1) is 0 Å². The van der Waals surface area contributed by atoms with Gasteiger partial charge in [-0.25, -0.2) is 8.42 Å². The number of sulfone groups is 1. The third kappa shape index (κ3) is 3.41. The number of aliphatic hydroxyl groups excluding tert-OH is 1. The van der Waals surface area contributed by atoms with Crippen molar-refractivity contribution in [2.45, 2.75) is 18.4 Å². The van der Waals surface area contributed by atoms with Crippen molar-refractivity contribution in [3.63, 3.8) is 0 Å². The first kappa shape index (κ1) is 14.9. The van der Waals surface area contributed by atoms with Gasteiger partial charge in [0.2, 0.25) is 0 Å². The SMILES string of the molecule is C=Nc1c(/C=C(\C)Cl)cc(CO)cc1S(C)(=O)=O. The molecule has 0 heterocycles. The summed E-state index contributed by atoms with van der Waals surface area (Å²) in [6.45, 7) is 4.78. The first-order valence-electron chi connectivity index (χ1n) is 5.08. The van der Waals surface area contributed by atoms with Gasteiger partial charge in [0.25, 0.3) is 0 Å². The summed E-state index contributed by atoms with van der Waals surface area (Å²) in [5.74, 6) is 0. The largest absolute Gasteiger partial charge is 0.392 e. The zero-order valence-electron chi connectivity index (χ0n) is 10.1. The van der Waals surface area contributed by atoms with Crippen molar-refractivity contribution < 1.29 is 13.5 Å². The monoisotopic (exact) mass is 287 g/mol. The number of aliphatic imine (C=N–C) groups is 1. The molecule has 0 unspecified atom stereocenters. The summed E-state index contributed by atoms with van der Waals surface area (Å²) < 4.78 is 23.4. The third-order valence-corrected chi connectivity index (χ3v) is 3.48. The highest BCUT2D eigenvalue weighted by Gasteiger charge is 2.17. The quantitative estimate of drug-likeness (QED) is 0.865. The topological polar surface area (TPSA) is 66.7 Å². The van der Waals surface area contributed by atoms with E-state index in [-0.39, 0.29) is 17.2 Å². The molecule has 0 aliphatic heterocycles. The van der Waals surface area contributed by atoms with Crippen LogP contribution in [0.1, 0.15) is 18.1 Å². The predicted octanol–water partition coefficient (Wildman–Crippen LogP) is 2.51. The summed E-state index contributed by atoms with van der Waals surface area (Å²) in [5.41, 5.74) is 1.24. The maximum atomic E-state index is 11.7. The van der Waals surface area contributed by atoms with Crippen LogP contribution in [0.3, 0.4) is 0 Å². The van der Waals surface area contributed by atoms with Gasteiger partial charge in [0.15, 0.2) is 9.84 Å². The van der Waals surface area contributed by atoms with Gasteiger partial charge in [0, 0.05) is 16.9 Å². The highest BCUT2D eigenvalue weighted by Crippen LogP contribution is 2.32. The molecular formula is C12H14ClNO3S. The van der Waals surface area contributed by atoms with Gasteiger partial charge in [0.1, 0.15) is 0 Å². The highest BCUT2D eigenvalue weighted by atomic mass is 35.5. The maximum Gasteiger partial charge on any atom is 0.177 e. The van der Waals surface area contributed by atoms with Crippen LogP contribution in [0, 0.1) is 0 Å². The van der Waals surface area contributed by atoms with Crippen LogP contribution in [0.4, 0.5) is 5.69 Å². The molecule has 0 amide bonds. The molecule has 4 nitrogen and oxygen atoms in total. The molecule has 1 rings (SSSR count).